The second-order valence-electron chi connectivity index (χ2n) is 6.07. The first-order valence-electron chi connectivity index (χ1n) is 8.32. The molecule has 3 aromatic rings. The Labute approximate surface area is 144 Å². The van der Waals surface area contributed by atoms with Crippen LogP contribution in [-0.2, 0) is 6.42 Å². The van der Waals surface area contributed by atoms with Crippen LogP contribution in [0.3, 0.4) is 0 Å². The van der Waals surface area contributed by atoms with Crippen molar-refractivity contribution >= 4 is 5.82 Å². The fourth-order valence-electron chi connectivity index (χ4n) is 3.39. The van der Waals surface area contributed by atoms with Gasteiger partial charge in [0.1, 0.15) is 30.5 Å². The van der Waals surface area contributed by atoms with Crippen LogP contribution < -0.4 is 14.8 Å². The molecule has 3 heterocycles. The van der Waals surface area contributed by atoms with Crippen LogP contribution in [0.25, 0.3) is 16.9 Å². The molecule has 0 aliphatic carbocycles. The highest BCUT2D eigenvalue weighted by atomic mass is 19.1. The maximum absolute atomic E-state index is 14.3. The molecule has 0 fully saturated rings. The summed E-state index contributed by atoms with van der Waals surface area (Å²) in [4.78, 5) is 0. The molecular formula is C19H16FN3O2. The summed E-state index contributed by atoms with van der Waals surface area (Å²) in [5, 5.41) is 8.06. The van der Waals surface area contributed by atoms with Crippen molar-refractivity contribution in [2.45, 2.75) is 6.42 Å². The Bertz CT molecular complexity index is 967. The number of hydrogen-bond acceptors (Lipinski definition) is 4. The summed E-state index contributed by atoms with van der Waals surface area (Å²) >= 11 is 0. The minimum absolute atomic E-state index is 0.260. The van der Waals surface area contributed by atoms with Crippen molar-refractivity contribution < 1.29 is 13.9 Å². The highest BCUT2D eigenvalue weighted by molar-refractivity contribution is 5.73. The van der Waals surface area contributed by atoms with E-state index >= 15 is 0 Å². The van der Waals surface area contributed by atoms with E-state index in [1.807, 2.05) is 28.9 Å². The molecule has 126 valence electrons. The Hall–Kier alpha value is -3.02. The summed E-state index contributed by atoms with van der Waals surface area (Å²) in [6.07, 6.45) is 0.823. The van der Waals surface area contributed by atoms with E-state index < -0.39 is 0 Å². The van der Waals surface area contributed by atoms with Gasteiger partial charge in [0.05, 0.1) is 5.69 Å². The molecule has 0 spiro atoms. The summed E-state index contributed by atoms with van der Waals surface area (Å²) < 4.78 is 27.3. The normalized spacial score (nSPS) is 14.9. The largest absolute Gasteiger partial charge is 0.486 e. The molecule has 2 aliphatic heterocycles. The van der Waals surface area contributed by atoms with E-state index in [2.05, 4.69) is 5.32 Å². The molecule has 25 heavy (non-hydrogen) atoms. The lowest BCUT2D eigenvalue weighted by atomic mass is 10.1. The third-order valence-electron chi connectivity index (χ3n) is 4.55. The summed E-state index contributed by atoms with van der Waals surface area (Å²) in [5.41, 5.74) is 3.12. The SMILES string of the molecule is Fc1ccccc1-c1nn(-c2ccc3c(c2)OCCO3)c2c1CCN2. The molecule has 0 saturated heterocycles. The summed E-state index contributed by atoms with van der Waals surface area (Å²) in [5.74, 6) is 2.10. The summed E-state index contributed by atoms with van der Waals surface area (Å²) in [6, 6.07) is 12.5. The van der Waals surface area contributed by atoms with Crippen LogP contribution in [-0.4, -0.2) is 29.5 Å². The number of aromatic nitrogens is 2. The molecule has 0 radical (unpaired) electrons. The van der Waals surface area contributed by atoms with Crippen LogP contribution in [0.4, 0.5) is 10.2 Å². The maximum atomic E-state index is 14.3. The first-order chi connectivity index (χ1) is 12.3. The van der Waals surface area contributed by atoms with Crippen LogP contribution in [0.2, 0.25) is 0 Å². The zero-order chi connectivity index (χ0) is 16.8. The molecule has 6 heteroatoms. The van der Waals surface area contributed by atoms with Crippen LogP contribution in [0, 0.1) is 5.82 Å². The maximum Gasteiger partial charge on any atom is 0.163 e. The van der Waals surface area contributed by atoms with E-state index in [0.29, 0.717) is 30.2 Å². The van der Waals surface area contributed by atoms with E-state index in [1.165, 1.54) is 6.07 Å². The van der Waals surface area contributed by atoms with Gasteiger partial charge in [-0.15, -0.1) is 0 Å². The average molecular weight is 337 g/mol. The van der Waals surface area contributed by atoms with Gasteiger partial charge in [-0.3, -0.25) is 0 Å². The highest BCUT2D eigenvalue weighted by Crippen LogP contribution is 2.38. The fourth-order valence-corrected chi connectivity index (χ4v) is 3.39. The number of hydrogen-bond donors (Lipinski definition) is 1. The van der Waals surface area contributed by atoms with Crippen LogP contribution in [0.15, 0.2) is 42.5 Å². The Balaban J connectivity index is 1.66. The molecule has 0 saturated carbocycles. The van der Waals surface area contributed by atoms with Gasteiger partial charge >= 0.3 is 0 Å². The molecule has 2 aliphatic rings. The fraction of sp³-hybridized carbons (Fsp3) is 0.211. The molecule has 0 atom stereocenters. The van der Waals surface area contributed by atoms with Crippen molar-refractivity contribution in [2.24, 2.45) is 0 Å². The highest BCUT2D eigenvalue weighted by Gasteiger charge is 2.26. The van der Waals surface area contributed by atoms with E-state index in [4.69, 9.17) is 14.6 Å². The van der Waals surface area contributed by atoms with E-state index in [9.17, 15) is 4.39 Å². The molecule has 5 nitrogen and oxygen atoms in total. The molecule has 2 aromatic carbocycles. The Kier molecular flexibility index (Phi) is 3.16. The molecule has 0 bridgehead atoms. The second-order valence-corrected chi connectivity index (χ2v) is 6.07. The summed E-state index contributed by atoms with van der Waals surface area (Å²) in [7, 11) is 0. The van der Waals surface area contributed by atoms with Crippen LogP contribution >= 0.6 is 0 Å². The lowest BCUT2D eigenvalue weighted by Crippen LogP contribution is -2.15. The number of rotatable bonds is 2. The molecule has 5 rings (SSSR count). The van der Waals surface area contributed by atoms with Gasteiger partial charge in [-0.1, -0.05) is 12.1 Å². The third kappa shape index (κ3) is 2.25. The Morgan fingerprint density at radius 3 is 2.76 bits per heavy atom. The lowest BCUT2D eigenvalue weighted by molar-refractivity contribution is 0.171. The molecular weight excluding hydrogens is 321 g/mol. The van der Waals surface area contributed by atoms with Crippen LogP contribution in [0.1, 0.15) is 5.56 Å². The van der Waals surface area contributed by atoms with Gasteiger partial charge in [0.2, 0.25) is 0 Å². The van der Waals surface area contributed by atoms with Crippen molar-refractivity contribution in [3.8, 4) is 28.4 Å². The smallest absolute Gasteiger partial charge is 0.163 e. The predicted octanol–water partition coefficient (Wildman–Crippen LogP) is 3.42. The van der Waals surface area contributed by atoms with Gasteiger partial charge in [0.25, 0.3) is 0 Å². The number of nitrogens with zero attached hydrogens (tertiary/aromatic N) is 2. The second kappa shape index (κ2) is 5.51. The standard InChI is InChI=1S/C19H16FN3O2/c20-15-4-2-1-3-13(15)18-14-7-8-21-19(14)23(22-18)12-5-6-16-17(11-12)25-10-9-24-16/h1-6,11,21H,7-10H2. The van der Waals surface area contributed by atoms with Gasteiger partial charge in [0.15, 0.2) is 11.5 Å². The van der Waals surface area contributed by atoms with Crippen molar-refractivity contribution in [1.82, 2.24) is 9.78 Å². The Morgan fingerprint density at radius 1 is 1.04 bits per heavy atom. The van der Waals surface area contributed by atoms with Gasteiger partial charge in [-0.2, -0.15) is 5.10 Å². The first-order valence-corrected chi connectivity index (χ1v) is 8.32. The number of ether oxygens (including phenoxy) is 2. The molecule has 1 aromatic heterocycles. The minimum atomic E-state index is -0.260. The lowest BCUT2D eigenvalue weighted by Gasteiger charge is -2.19. The van der Waals surface area contributed by atoms with Crippen molar-refractivity contribution in [2.75, 3.05) is 25.1 Å². The molecule has 0 amide bonds. The number of benzene rings is 2. The zero-order valence-electron chi connectivity index (χ0n) is 13.5. The Morgan fingerprint density at radius 2 is 1.88 bits per heavy atom. The monoisotopic (exact) mass is 337 g/mol. The summed E-state index contributed by atoms with van der Waals surface area (Å²) in [6.45, 7) is 1.91. The molecule has 0 unspecified atom stereocenters. The van der Waals surface area contributed by atoms with Gasteiger partial charge in [0, 0.05) is 23.7 Å². The average Bonchev–Trinajstić information content (AvgIpc) is 3.25. The minimum Gasteiger partial charge on any atom is -0.486 e. The predicted molar refractivity (Wildman–Crippen MR) is 92.1 cm³/mol. The van der Waals surface area contributed by atoms with Gasteiger partial charge in [-0.25, -0.2) is 9.07 Å². The van der Waals surface area contributed by atoms with E-state index in [1.54, 1.807) is 12.1 Å². The number of halogens is 1. The van der Waals surface area contributed by atoms with Gasteiger partial charge in [-0.05, 0) is 30.7 Å². The van der Waals surface area contributed by atoms with Gasteiger partial charge < -0.3 is 14.8 Å². The van der Waals surface area contributed by atoms with Crippen molar-refractivity contribution in [3.05, 3.63) is 53.8 Å². The topological polar surface area (TPSA) is 48.3 Å². The van der Waals surface area contributed by atoms with Crippen LogP contribution in [0.5, 0.6) is 11.5 Å². The third-order valence-corrected chi connectivity index (χ3v) is 4.55. The number of fused-ring (bicyclic) bond motifs is 2. The van der Waals surface area contributed by atoms with E-state index in [0.717, 1.165) is 35.8 Å². The zero-order valence-corrected chi connectivity index (χ0v) is 13.5. The van der Waals surface area contributed by atoms with Crippen molar-refractivity contribution in [3.63, 3.8) is 0 Å². The number of anilines is 1. The van der Waals surface area contributed by atoms with E-state index in [-0.39, 0.29) is 5.82 Å². The quantitative estimate of drug-likeness (QED) is 0.778. The van der Waals surface area contributed by atoms with Crippen molar-refractivity contribution in [1.29, 1.82) is 0 Å². The molecule has 1 N–H and O–H groups in total. The number of nitrogens with one attached hydrogen (secondary N) is 1. The first kappa shape index (κ1) is 14.3.